The molecule has 0 bridgehead atoms. The second-order valence-corrected chi connectivity index (χ2v) is 5.66. The Labute approximate surface area is 138 Å². The zero-order valence-corrected chi connectivity index (χ0v) is 13.0. The maximum atomic E-state index is 12.8. The van der Waals surface area contributed by atoms with Crippen LogP contribution in [0.25, 0.3) is 0 Å². The first-order valence-electron chi connectivity index (χ1n) is 7.37. The smallest absolute Gasteiger partial charge is 0.319 e. The fourth-order valence-electron chi connectivity index (χ4n) is 2.29. The summed E-state index contributed by atoms with van der Waals surface area (Å²) in [6.45, 7) is 1.72. The summed E-state index contributed by atoms with van der Waals surface area (Å²) in [6.07, 6.45) is 0. The van der Waals surface area contributed by atoms with Gasteiger partial charge in [0.2, 0.25) is 6.79 Å². The van der Waals surface area contributed by atoms with Gasteiger partial charge in [0.1, 0.15) is 11.4 Å². The Kier molecular flexibility index (Phi) is 4.26. The van der Waals surface area contributed by atoms with Gasteiger partial charge in [0.15, 0.2) is 11.5 Å². The molecule has 0 saturated heterocycles. The molecule has 1 aliphatic heterocycles. The number of halogens is 1. The molecule has 7 heteroatoms. The van der Waals surface area contributed by atoms with Gasteiger partial charge >= 0.3 is 6.03 Å². The molecule has 1 atom stereocenters. The van der Waals surface area contributed by atoms with E-state index in [1.54, 1.807) is 25.1 Å². The first-order chi connectivity index (χ1) is 11.4. The van der Waals surface area contributed by atoms with Crippen LogP contribution in [0, 0.1) is 5.82 Å². The molecule has 1 unspecified atom stereocenters. The Morgan fingerprint density at radius 1 is 1.21 bits per heavy atom. The quantitative estimate of drug-likeness (QED) is 0.804. The highest BCUT2D eigenvalue weighted by atomic mass is 19.1. The van der Waals surface area contributed by atoms with Crippen molar-refractivity contribution in [2.45, 2.75) is 12.5 Å². The van der Waals surface area contributed by atoms with Gasteiger partial charge in [-0.3, -0.25) is 0 Å². The Hall–Kier alpha value is -2.80. The number of urea groups is 1. The Morgan fingerprint density at radius 3 is 2.67 bits per heavy atom. The number of rotatable bonds is 4. The molecule has 0 aromatic heterocycles. The van der Waals surface area contributed by atoms with E-state index >= 15 is 0 Å². The molecule has 126 valence electrons. The molecule has 0 saturated carbocycles. The maximum Gasteiger partial charge on any atom is 0.319 e. The van der Waals surface area contributed by atoms with Crippen molar-refractivity contribution in [1.29, 1.82) is 0 Å². The largest absolute Gasteiger partial charge is 0.454 e. The van der Waals surface area contributed by atoms with E-state index in [0.29, 0.717) is 22.7 Å². The zero-order chi connectivity index (χ0) is 17.2. The van der Waals surface area contributed by atoms with Crippen LogP contribution in [-0.2, 0) is 5.60 Å². The first kappa shape index (κ1) is 16.1. The van der Waals surface area contributed by atoms with Gasteiger partial charge in [-0.25, -0.2) is 9.18 Å². The van der Waals surface area contributed by atoms with Gasteiger partial charge in [-0.2, -0.15) is 0 Å². The summed E-state index contributed by atoms with van der Waals surface area (Å²) in [4.78, 5) is 11.9. The molecule has 2 amide bonds. The Morgan fingerprint density at radius 2 is 1.92 bits per heavy atom. The van der Waals surface area contributed by atoms with Gasteiger partial charge < -0.3 is 25.2 Å². The molecule has 2 aromatic carbocycles. The summed E-state index contributed by atoms with van der Waals surface area (Å²) in [5.74, 6) is 0.798. The molecule has 6 nitrogen and oxygen atoms in total. The molecule has 3 rings (SSSR count). The zero-order valence-electron chi connectivity index (χ0n) is 13.0. The van der Waals surface area contributed by atoms with Crippen molar-refractivity contribution in [3.05, 3.63) is 53.8 Å². The predicted octanol–water partition coefficient (Wildman–Crippen LogP) is 2.58. The molecule has 3 N–H and O–H groups in total. The SMILES string of the molecule is CC(O)(CNC(=O)Nc1ccc(F)cc1)c1ccc2c(c1)OCO2. The van der Waals surface area contributed by atoms with Crippen LogP contribution in [0.5, 0.6) is 11.5 Å². The number of anilines is 1. The topological polar surface area (TPSA) is 79.8 Å². The molecular formula is C17H17FN2O4. The van der Waals surface area contributed by atoms with Crippen LogP contribution >= 0.6 is 0 Å². The summed E-state index contributed by atoms with van der Waals surface area (Å²) in [5.41, 5.74) is -0.244. The summed E-state index contributed by atoms with van der Waals surface area (Å²) >= 11 is 0. The fraction of sp³-hybridized carbons (Fsp3) is 0.235. The number of ether oxygens (including phenoxy) is 2. The van der Waals surface area contributed by atoms with E-state index in [0.717, 1.165) is 0 Å². The standard InChI is InChI=1S/C17H17FN2O4/c1-17(22,11-2-7-14-15(8-11)24-10-23-14)9-19-16(21)20-13-5-3-12(18)4-6-13/h2-8,22H,9-10H2,1H3,(H2,19,20,21). The van der Waals surface area contributed by atoms with E-state index in [-0.39, 0.29) is 19.2 Å². The molecular weight excluding hydrogens is 315 g/mol. The first-order valence-corrected chi connectivity index (χ1v) is 7.37. The minimum Gasteiger partial charge on any atom is -0.454 e. The van der Waals surface area contributed by atoms with E-state index in [4.69, 9.17) is 9.47 Å². The lowest BCUT2D eigenvalue weighted by Gasteiger charge is -2.24. The van der Waals surface area contributed by atoms with Crippen molar-refractivity contribution < 1.29 is 23.8 Å². The van der Waals surface area contributed by atoms with Crippen LogP contribution in [0.15, 0.2) is 42.5 Å². The lowest BCUT2D eigenvalue weighted by atomic mass is 9.95. The third kappa shape index (κ3) is 3.57. The number of fused-ring (bicyclic) bond motifs is 1. The molecule has 0 fully saturated rings. The molecule has 24 heavy (non-hydrogen) atoms. The van der Waals surface area contributed by atoms with Crippen molar-refractivity contribution in [3.63, 3.8) is 0 Å². The lowest BCUT2D eigenvalue weighted by Crippen LogP contribution is -2.40. The molecule has 2 aromatic rings. The highest BCUT2D eigenvalue weighted by Crippen LogP contribution is 2.35. The number of carbonyl (C=O) groups is 1. The second kappa shape index (κ2) is 6.37. The van der Waals surface area contributed by atoms with Gasteiger partial charge in [-0.05, 0) is 48.9 Å². The summed E-state index contributed by atoms with van der Waals surface area (Å²) in [6, 6.07) is 10.0. The summed E-state index contributed by atoms with van der Waals surface area (Å²) in [7, 11) is 0. The van der Waals surface area contributed by atoms with Crippen molar-refractivity contribution in [2.75, 3.05) is 18.7 Å². The monoisotopic (exact) mass is 332 g/mol. The van der Waals surface area contributed by atoms with Crippen molar-refractivity contribution >= 4 is 11.7 Å². The van der Waals surface area contributed by atoms with E-state index in [1.807, 2.05) is 0 Å². The fourth-order valence-corrected chi connectivity index (χ4v) is 2.29. The van der Waals surface area contributed by atoms with Gasteiger partial charge in [0.25, 0.3) is 0 Å². The molecule has 0 spiro atoms. The number of amides is 2. The number of nitrogens with one attached hydrogen (secondary N) is 2. The van der Waals surface area contributed by atoms with Gasteiger partial charge in [0.05, 0.1) is 6.54 Å². The van der Waals surface area contributed by atoms with Crippen LogP contribution in [0.2, 0.25) is 0 Å². The normalized spacial score (nSPS) is 14.8. The van der Waals surface area contributed by atoms with E-state index in [1.165, 1.54) is 24.3 Å². The predicted molar refractivity (Wildman–Crippen MR) is 85.6 cm³/mol. The van der Waals surface area contributed by atoms with E-state index in [2.05, 4.69) is 10.6 Å². The maximum absolute atomic E-state index is 12.8. The summed E-state index contributed by atoms with van der Waals surface area (Å²) < 4.78 is 23.3. The average molecular weight is 332 g/mol. The van der Waals surface area contributed by atoms with E-state index < -0.39 is 11.6 Å². The highest BCUT2D eigenvalue weighted by Gasteiger charge is 2.26. The number of benzene rings is 2. The van der Waals surface area contributed by atoms with Gasteiger partial charge in [-0.1, -0.05) is 6.07 Å². The lowest BCUT2D eigenvalue weighted by molar-refractivity contribution is 0.0597. The van der Waals surface area contributed by atoms with Crippen molar-refractivity contribution in [2.24, 2.45) is 0 Å². The molecule has 0 aliphatic carbocycles. The van der Waals surface area contributed by atoms with E-state index in [9.17, 15) is 14.3 Å². The third-order valence-corrected chi connectivity index (χ3v) is 3.69. The van der Waals surface area contributed by atoms with Gasteiger partial charge in [0, 0.05) is 5.69 Å². The highest BCUT2D eigenvalue weighted by molar-refractivity contribution is 5.89. The Balaban J connectivity index is 1.60. The van der Waals surface area contributed by atoms with Crippen LogP contribution < -0.4 is 20.1 Å². The second-order valence-electron chi connectivity index (χ2n) is 5.66. The number of aliphatic hydroxyl groups is 1. The minimum atomic E-state index is -1.29. The van der Waals surface area contributed by atoms with Crippen molar-refractivity contribution in [1.82, 2.24) is 5.32 Å². The molecule has 1 aliphatic rings. The van der Waals surface area contributed by atoms with Crippen LogP contribution in [0.3, 0.4) is 0 Å². The molecule has 1 heterocycles. The Bertz CT molecular complexity index is 747. The van der Waals surface area contributed by atoms with Crippen LogP contribution in [-0.4, -0.2) is 24.5 Å². The van der Waals surface area contributed by atoms with Crippen LogP contribution in [0.4, 0.5) is 14.9 Å². The third-order valence-electron chi connectivity index (χ3n) is 3.69. The van der Waals surface area contributed by atoms with Crippen molar-refractivity contribution in [3.8, 4) is 11.5 Å². The van der Waals surface area contributed by atoms with Crippen LogP contribution in [0.1, 0.15) is 12.5 Å². The number of hydrogen-bond donors (Lipinski definition) is 3. The number of hydrogen-bond acceptors (Lipinski definition) is 4. The van der Waals surface area contributed by atoms with Gasteiger partial charge in [-0.15, -0.1) is 0 Å². The summed E-state index contributed by atoms with van der Waals surface area (Å²) in [5, 5.41) is 15.7. The average Bonchev–Trinajstić information content (AvgIpc) is 3.03. The minimum absolute atomic E-state index is 0.0142. The molecule has 0 radical (unpaired) electrons. The number of carbonyl (C=O) groups excluding carboxylic acids is 1.